The smallest absolute Gasteiger partial charge is 0.215 e. The summed E-state index contributed by atoms with van der Waals surface area (Å²) in [5.41, 5.74) is -0.138. The second-order valence-electron chi connectivity index (χ2n) is 6.84. The van der Waals surface area contributed by atoms with Crippen molar-refractivity contribution < 1.29 is 17.2 Å². The van der Waals surface area contributed by atoms with Crippen LogP contribution < -0.4 is 4.72 Å². The van der Waals surface area contributed by atoms with E-state index in [2.05, 4.69) is 9.62 Å². The molecule has 8 heteroatoms. The summed E-state index contributed by atoms with van der Waals surface area (Å²) in [5, 5.41) is 0. The molecule has 2 fully saturated rings. The molecule has 0 bridgehead atoms. The molecule has 4 nitrogen and oxygen atoms in total. The summed E-state index contributed by atoms with van der Waals surface area (Å²) < 4.78 is 53.7. The summed E-state index contributed by atoms with van der Waals surface area (Å²) in [6, 6.07) is 3.55. The molecule has 2 heterocycles. The number of sulfonamides is 1. The minimum Gasteiger partial charge on any atom is -0.300 e. The zero-order chi connectivity index (χ0) is 17.9. The molecule has 0 aromatic heterocycles. The number of nitrogens with zero attached hydrogens (tertiary/aromatic N) is 1. The first kappa shape index (κ1) is 19.1. The van der Waals surface area contributed by atoms with E-state index in [4.69, 9.17) is 0 Å². The summed E-state index contributed by atoms with van der Waals surface area (Å²) in [6.45, 7) is 2.39. The van der Waals surface area contributed by atoms with Gasteiger partial charge in [-0.15, -0.1) is 0 Å². The van der Waals surface area contributed by atoms with E-state index in [9.17, 15) is 17.2 Å². The topological polar surface area (TPSA) is 49.4 Å². The highest BCUT2D eigenvalue weighted by atomic mass is 32.2. The Labute approximate surface area is 152 Å². The lowest BCUT2D eigenvalue weighted by atomic mass is 9.96. The second-order valence-corrected chi connectivity index (χ2v) is 9.80. The number of nitrogens with one attached hydrogen (secondary N) is 1. The van der Waals surface area contributed by atoms with Gasteiger partial charge in [0.1, 0.15) is 11.6 Å². The lowest BCUT2D eigenvalue weighted by molar-refractivity contribution is 0.145. The standard InChI is InChI=1S/C17H24F2N2O2S2/c18-15-1-2-17(19)14(9-15)12-25(22,23)20-10-13-3-6-21(7-4-13)16-5-8-24-11-16/h1-2,9,13,16,20H,3-8,10-12H2. The molecule has 0 radical (unpaired) electrons. The highest BCUT2D eigenvalue weighted by Gasteiger charge is 2.28. The largest absolute Gasteiger partial charge is 0.300 e. The van der Waals surface area contributed by atoms with Gasteiger partial charge in [-0.3, -0.25) is 4.90 Å². The predicted molar refractivity (Wildman–Crippen MR) is 97.0 cm³/mol. The zero-order valence-electron chi connectivity index (χ0n) is 14.1. The van der Waals surface area contributed by atoms with Gasteiger partial charge in [0.2, 0.25) is 10.0 Å². The number of likely N-dealkylation sites (tertiary alicyclic amines) is 1. The zero-order valence-corrected chi connectivity index (χ0v) is 15.7. The Bertz CT molecular complexity index is 686. The number of halogens is 2. The molecule has 1 aromatic rings. The van der Waals surface area contributed by atoms with Gasteiger partial charge in [-0.05, 0) is 62.2 Å². The molecule has 0 spiro atoms. The van der Waals surface area contributed by atoms with Crippen LogP contribution in [0.3, 0.4) is 0 Å². The average Bonchev–Trinajstić information content (AvgIpc) is 3.11. The third-order valence-electron chi connectivity index (χ3n) is 5.02. The van der Waals surface area contributed by atoms with Crippen molar-refractivity contribution in [2.45, 2.75) is 31.1 Å². The van der Waals surface area contributed by atoms with Crippen LogP contribution in [0.5, 0.6) is 0 Å². The minimum atomic E-state index is -3.68. The molecule has 140 valence electrons. The molecule has 0 saturated carbocycles. The molecule has 25 heavy (non-hydrogen) atoms. The van der Waals surface area contributed by atoms with E-state index in [1.807, 2.05) is 11.8 Å². The molecule has 2 aliphatic rings. The van der Waals surface area contributed by atoms with Crippen molar-refractivity contribution in [2.75, 3.05) is 31.1 Å². The Kier molecular flexibility index (Phi) is 6.35. The van der Waals surface area contributed by atoms with E-state index in [1.54, 1.807) is 0 Å². The lowest BCUT2D eigenvalue weighted by Crippen LogP contribution is -2.43. The van der Waals surface area contributed by atoms with Gasteiger partial charge in [-0.1, -0.05) is 0 Å². The third-order valence-corrected chi connectivity index (χ3v) is 7.46. The van der Waals surface area contributed by atoms with Gasteiger partial charge in [-0.25, -0.2) is 21.9 Å². The quantitative estimate of drug-likeness (QED) is 0.811. The van der Waals surface area contributed by atoms with Crippen LogP contribution in [0.4, 0.5) is 8.78 Å². The van der Waals surface area contributed by atoms with Crippen molar-refractivity contribution >= 4 is 21.8 Å². The van der Waals surface area contributed by atoms with E-state index in [1.165, 1.54) is 17.9 Å². The van der Waals surface area contributed by atoms with E-state index in [0.717, 1.165) is 44.1 Å². The Hall–Kier alpha value is -0.700. The van der Waals surface area contributed by atoms with Crippen molar-refractivity contribution in [3.63, 3.8) is 0 Å². The SMILES string of the molecule is O=S(=O)(Cc1cc(F)ccc1F)NCC1CCN(C2CCSC2)CC1. The Morgan fingerprint density at radius 3 is 2.64 bits per heavy atom. The molecule has 3 rings (SSSR count). The van der Waals surface area contributed by atoms with E-state index < -0.39 is 27.4 Å². The Balaban J connectivity index is 1.47. The van der Waals surface area contributed by atoms with Crippen molar-refractivity contribution in [2.24, 2.45) is 5.92 Å². The van der Waals surface area contributed by atoms with Crippen LogP contribution in [-0.4, -0.2) is 50.5 Å². The molecular weight excluding hydrogens is 366 g/mol. The molecular formula is C17H24F2N2O2S2. The first-order valence-corrected chi connectivity index (χ1v) is 11.5. The second kappa shape index (κ2) is 8.33. The molecule has 0 aliphatic carbocycles. The van der Waals surface area contributed by atoms with Crippen molar-refractivity contribution in [1.29, 1.82) is 0 Å². The minimum absolute atomic E-state index is 0.138. The number of hydrogen-bond acceptors (Lipinski definition) is 4. The Morgan fingerprint density at radius 1 is 1.20 bits per heavy atom. The normalized spacial score (nSPS) is 23.2. The van der Waals surface area contributed by atoms with Crippen LogP contribution in [0.2, 0.25) is 0 Å². The molecule has 1 atom stereocenters. The van der Waals surface area contributed by atoms with Crippen LogP contribution in [0, 0.1) is 17.6 Å². The third kappa shape index (κ3) is 5.39. The number of thioether (sulfide) groups is 1. The maximum atomic E-state index is 13.6. The van der Waals surface area contributed by atoms with Gasteiger partial charge in [-0.2, -0.15) is 11.8 Å². The van der Waals surface area contributed by atoms with Gasteiger partial charge in [0.05, 0.1) is 5.75 Å². The van der Waals surface area contributed by atoms with Crippen LogP contribution in [0.15, 0.2) is 18.2 Å². The molecule has 0 amide bonds. The molecule has 1 N–H and O–H groups in total. The first-order chi connectivity index (χ1) is 11.9. The number of benzene rings is 1. The fourth-order valence-corrected chi connectivity index (χ4v) is 5.96. The number of piperidine rings is 1. The number of rotatable bonds is 6. The van der Waals surface area contributed by atoms with Crippen LogP contribution in [0.25, 0.3) is 0 Å². The maximum Gasteiger partial charge on any atom is 0.215 e. The summed E-state index contributed by atoms with van der Waals surface area (Å²) in [7, 11) is -3.68. The van der Waals surface area contributed by atoms with Gasteiger partial charge in [0.15, 0.2) is 0 Å². The fourth-order valence-electron chi connectivity index (χ4n) is 3.49. The molecule has 2 aliphatic heterocycles. The summed E-state index contributed by atoms with van der Waals surface area (Å²) in [5.74, 6) is 0.878. The predicted octanol–water partition coefficient (Wildman–Crippen LogP) is 2.60. The van der Waals surface area contributed by atoms with Gasteiger partial charge in [0, 0.05) is 23.9 Å². The van der Waals surface area contributed by atoms with Gasteiger partial charge in [0.25, 0.3) is 0 Å². The van der Waals surface area contributed by atoms with Gasteiger partial charge < -0.3 is 0 Å². The molecule has 1 aromatic carbocycles. The average molecular weight is 391 g/mol. The lowest BCUT2D eigenvalue weighted by Gasteiger charge is -2.35. The monoisotopic (exact) mass is 390 g/mol. The summed E-state index contributed by atoms with van der Waals surface area (Å²) >= 11 is 2.00. The van der Waals surface area contributed by atoms with E-state index >= 15 is 0 Å². The summed E-state index contributed by atoms with van der Waals surface area (Å²) in [4.78, 5) is 2.52. The van der Waals surface area contributed by atoms with E-state index in [-0.39, 0.29) is 5.56 Å². The highest BCUT2D eigenvalue weighted by Crippen LogP contribution is 2.26. The van der Waals surface area contributed by atoms with Crippen molar-refractivity contribution in [3.8, 4) is 0 Å². The van der Waals surface area contributed by atoms with Crippen LogP contribution in [-0.2, 0) is 15.8 Å². The molecule has 1 unspecified atom stereocenters. The van der Waals surface area contributed by atoms with Crippen molar-refractivity contribution in [3.05, 3.63) is 35.4 Å². The summed E-state index contributed by atoms with van der Waals surface area (Å²) in [6.07, 6.45) is 3.19. The Morgan fingerprint density at radius 2 is 1.96 bits per heavy atom. The van der Waals surface area contributed by atoms with E-state index in [0.29, 0.717) is 18.5 Å². The number of hydrogen-bond donors (Lipinski definition) is 1. The van der Waals surface area contributed by atoms with Crippen LogP contribution in [0.1, 0.15) is 24.8 Å². The highest BCUT2D eigenvalue weighted by molar-refractivity contribution is 7.99. The maximum absolute atomic E-state index is 13.6. The van der Waals surface area contributed by atoms with Crippen LogP contribution >= 0.6 is 11.8 Å². The first-order valence-electron chi connectivity index (χ1n) is 8.66. The van der Waals surface area contributed by atoms with Crippen molar-refractivity contribution in [1.82, 2.24) is 9.62 Å². The molecule has 2 saturated heterocycles. The fraction of sp³-hybridized carbons (Fsp3) is 0.647. The van der Waals surface area contributed by atoms with Gasteiger partial charge >= 0.3 is 0 Å².